The minimum absolute atomic E-state index is 0.111. The average Bonchev–Trinajstić information content (AvgIpc) is 3.46. The highest BCUT2D eigenvalue weighted by atomic mass is 19.1. The maximum absolute atomic E-state index is 12.7. The number of benzene rings is 4. The molecule has 10 nitrogen and oxygen atoms in total. The van der Waals surface area contributed by atoms with E-state index in [0.29, 0.717) is 54.6 Å². The molecule has 1 aliphatic rings. The van der Waals surface area contributed by atoms with Crippen molar-refractivity contribution in [1.29, 1.82) is 0 Å². The Labute approximate surface area is 294 Å². The number of hydrogen-bond acceptors (Lipinski definition) is 9. The number of esters is 2. The number of nitrogens with zero attached hydrogens (tertiary/aromatic N) is 1. The highest BCUT2D eigenvalue weighted by Crippen LogP contribution is 2.29. The lowest BCUT2D eigenvalue weighted by Gasteiger charge is -2.13. The summed E-state index contributed by atoms with van der Waals surface area (Å²) in [5.74, 6) is -1.93. The van der Waals surface area contributed by atoms with Crippen LogP contribution in [0.2, 0.25) is 0 Å². The van der Waals surface area contributed by atoms with Gasteiger partial charge in [-0.2, -0.15) is 4.39 Å². The Morgan fingerprint density at radius 3 is 1.84 bits per heavy atom. The molecule has 0 bridgehead atoms. The van der Waals surface area contributed by atoms with Gasteiger partial charge in [-0.25, -0.2) is 9.59 Å². The fourth-order valence-corrected chi connectivity index (χ4v) is 4.96. The Morgan fingerprint density at radius 2 is 1.22 bits per heavy atom. The first-order chi connectivity index (χ1) is 24.7. The predicted octanol–water partition coefficient (Wildman–Crippen LogP) is 7.36. The summed E-state index contributed by atoms with van der Waals surface area (Å²) in [4.78, 5) is 51.9. The van der Waals surface area contributed by atoms with Crippen molar-refractivity contribution in [2.45, 2.75) is 26.2 Å². The van der Waals surface area contributed by atoms with Gasteiger partial charge in [-0.3, -0.25) is 14.4 Å². The molecule has 0 fully saturated rings. The lowest BCUT2D eigenvalue weighted by molar-refractivity contribution is -0.186. The van der Waals surface area contributed by atoms with Crippen LogP contribution in [0.15, 0.2) is 116 Å². The maximum Gasteiger partial charge on any atom is 0.366 e. The van der Waals surface area contributed by atoms with Gasteiger partial charge in [0, 0.05) is 18.6 Å². The van der Waals surface area contributed by atoms with Crippen molar-refractivity contribution >= 4 is 23.8 Å². The summed E-state index contributed by atoms with van der Waals surface area (Å²) in [5.41, 5.74) is 5.41. The van der Waals surface area contributed by atoms with Crippen molar-refractivity contribution < 1.29 is 47.4 Å². The molecule has 0 radical (unpaired) electrons. The molecule has 1 heterocycles. The number of unbranched alkanes of at least 4 members (excludes halogenated alkanes) is 1. The first kappa shape index (κ1) is 36.2. The second-order valence-corrected chi connectivity index (χ2v) is 11.4. The number of carbonyl (C=O) groups excluding carboxylic acids is 4. The molecule has 0 saturated carbocycles. The summed E-state index contributed by atoms with van der Waals surface area (Å²) in [7, 11) is 0. The average molecular weight is 694 g/mol. The summed E-state index contributed by atoms with van der Waals surface area (Å²) >= 11 is 0. The van der Waals surface area contributed by atoms with Crippen LogP contribution >= 0.6 is 0 Å². The molecule has 0 aromatic heterocycles. The molecule has 5 rings (SSSR count). The molecule has 0 N–H and O–H groups in total. The van der Waals surface area contributed by atoms with Crippen molar-refractivity contribution in [1.82, 2.24) is 5.06 Å². The van der Waals surface area contributed by atoms with Crippen LogP contribution in [0.4, 0.5) is 4.39 Å². The molecular formula is C40H36FNO9. The third-order valence-electron chi connectivity index (χ3n) is 7.68. The second-order valence-electron chi connectivity index (χ2n) is 11.4. The van der Waals surface area contributed by atoms with E-state index < -0.39 is 29.6 Å². The predicted molar refractivity (Wildman–Crippen MR) is 186 cm³/mol. The zero-order chi connectivity index (χ0) is 36.2. The van der Waals surface area contributed by atoms with Gasteiger partial charge in [0.2, 0.25) is 5.83 Å². The van der Waals surface area contributed by atoms with E-state index in [-0.39, 0.29) is 13.2 Å². The van der Waals surface area contributed by atoms with E-state index in [9.17, 15) is 23.6 Å². The number of hydrogen-bond donors (Lipinski definition) is 0. The number of carbonyl (C=O) groups is 4. The Morgan fingerprint density at radius 1 is 0.667 bits per heavy atom. The highest BCUT2D eigenvalue weighted by Gasteiger charge is 2.24. The second kappa shape index (κ2) is 17.5. The van der Waals surface area contributed by atoms with Gasteiger partial charge in [-0.05, 0) is 96.1 Å². The van der Waals surface area contributed by atoms with E-state index >= 15 is 0 Å². The summed E-state index contributed by atoms with van der Waals surface area (Å²) in [6.07, 6.45) is 3.95. The molecule has 2 amide bonds. The first-order valence-electron chi connectivity index (χ1n) is 16.3. The SMILES string of the molecule is C=C(F)C(=O)OCCCCOc1ccc(-c2ccc(-c3ccc(OC(=O)c4ccc(OCCCON5C(=O)C=CC5=O)cc4)cc3)cc2)cc1C. The van der Waals surface area contributed by atoms with Gasteiger partial charge in [-0.15, -0.1) is 5.06 Å². The van der Waals surface area contributed by atoms with Crippen molar-refractivity contribution in [3.8, 4) is 39.5 Å². The quantitative estimate of drug-likeness (QED) is 0.0368. The highest BCUT2D eigenvalue weighted by molar-refractivity contribution is 6.11. The van der Waals surface area contributed by atoms with Crippen LogP contribution in [0.3, 0.4) is 0 Å². The van der Waals surface area contributed by atoms with Crippen LogP contribution in [0.1, 0.15) is 35.2 Å². The van der Waals surface area contributed by atoms with Gasteiger partial charge < -0.3 is 18.9 Å². The van der Waals surface area contributed by atoms with Crippen LogP contribution in [0.5, 0.6) is 17.2 Å². The molecule has 11 heteroatoms. The molecule has 262 valence electrons. The summed E-state index contributed by atoms with van der Waals surface area (Å²) in [6, 6.07) is 28.0. The topological polar surface area (TPSA) is 118 Å². The lowest BCUT2D eigenvalue weighted by atomic mass is 9.99. The zero-order valence-corrected chi connectivity index (χ0v) is 28.0. The van der Waals surface area contributed by atoms with Crippen molar-refractivity contribution in [2.24, 2.45) is 0 Å². The van der Waals surface area contributed by atoms with Crippen LogP contribution in [-0.4, -0.2) is 55.2 Å². The molecule has 1 aliphatic heterocycles. The number of hydroxylamine groups is 2. The van der Waals surface area contributed by atoms with Crippen molar-refractivity contribution in [3.63, 3.8) is 0 Å². The number of halogens is 1. The van der Waals surface area contributed by atoms with Gasteiger partial charge in [-0.1, -0.05) is 49.0 Å². The maximum atomic E-state index is 12.7. The molecule has 0 unspecified atom stereocenters. The summed E-state index contributed by atoms with van der Waals surface area (Å²) < 4.78 is 34.5. The number of aryl methyl sites for hydroxylation is 1. The van der Waals surface area contributed by atoms with E-state index in [1.54, 1.807) is 36.4 Å². The van der Waals surface area contributed by atoms with Crippen LogP contribution in [-0.2, 0) is 24.0 Å². The Bertz CT molecular complexity index is 1880. The lowest BCUT2D eigenvalue weighted by Crippen LogP contribution is -2.30. The zero-order valence-electron chi connectivity index (χ0n) is 28.0. The molecule has 0 spiro atoms. The molecule has 4 aromatic rings. The largest absolute Gasteiger partial charge is 0.494 e. The van der Waals surface area contributed by atoms with E-state index in [0.717, 1.165) is 45.7 Å². The van der Waals surface area contributed by atoms with E-state index in [4.69, 9.17) is 23.8 Å². The van der Waals surface area contributed by atoms with Gasteiger partial charge in [0.25, 0.3) is 11.8 Å². The fraction of sp³-hybridized carbons (Fsp3) is 0.200. The third-order valence-corrected chi connectivity index (χ3v) is 7.68. The van der Waals surface area contributed by atoms with Crippen molar-refractivity contribution in [3.05, 3.63) is 127 Å². The molecule has 0 saturated heterocycles. The van der Waals surface area contributed by atoms with Gasteiger partial charge in [0.15, 0.2) is 0 Å². The normalized spacial score (nSPS) is 12.2. The van der Waals surface area contributed by atoms with Gasteiger partial charge in [0.1, 0.15) is 17.2 Å². The van der Waals surface area contributed by atoms with E-state index in [1.165, 1.54) is 0 Å². The minimum atomic E-state index is -1.10. The Kier molecular flexibility index (Phi) is 12.5. The summed E-state index contributed by atoms with van der Waals surface area (Å²) in [5, 5.41) is 0.709. The number of amides is 2. The van der Waals surface area contributed by atoms with Gasteiger partial charge >= 0.3 is 11.9 Å². The number of imide groups is 1. The molecular weight excluding hydrogens is 657 g/mol. The minimum Gasteiger partial charge on any atom is -0.494 e. The fourth-order valence-electron chi connectivity index (χ4n) is 4.96. The third kappa shape index (κ3) is 10.2. The number of ether oxygens (including phenoxy) is 4. The standard InChI is InChI=1S/C40H36FNO9/c1-27-26-33(14-19-36(27)48-22-3-4-23-49-39(45)28(2)41)31-8-6-29(7-9-31)30-10-17-35(18-11-30)51-40(46)32-12-15-34(16-13-32)47-24-5-25-50-42-37(43)20-21-38(42)44/h6-21,26H,2-5,22-25H2,1H3. The van der Waals surface area contributed by atoms with Crippen LogP contribution < -0.4 is 14.2 Å². The Balaban J connectivity index is 1.05. The Hall–Kier alpha value is -6.07. The molecule has 4 aromatic carbocycles. The first-order valence-corrected chi connectivity index (χ1v) is 16.3. The molecule has 0 aliphatic carbocycles. The molecule has 0 atom stereocenters. The van der Waals surface area contributed by atoms with Crippen LogP contribution in [0.25, 0.3) is 22.3 Å². The molecule has 51 heavy (non-hydrogen) atoms. The van der Waals surface area contributed by atoms with E-state index in [2.05, 4.69) is 12.6 Å². The van der Waals surface area contributed by atoms with E-state index in [1.807, 2.05) is 55.5 Å². The monoisotopic (exact) mass is 693 g/mol. The van der Waals surface area contributed by atoms with Crippen molar-refractivity contribution in [2.75, 3.05) is 26.4 Å². The smallest absolute Gasteiger partial charge is 0.366 e. The van der Waals surface area contributed by atoms with Crippen LogP contribution in [0, 0.1) is 6.92 Å². The van der Waals surface area contributed by atoms with Gasteiger partial charge in [0.05, 0.1) is 32.0 Å². The number of rotatable bonds is 17. The summed E-state index contributed by atoms with van der Waals surface area (Å²) in [6.45, 7) is 5.86.